The van der Waals surface area contributed by atoms with Gasteiger partial charge in [0.05, 0.1) is 6.54 Å². The Hall–Kier alpha value is -1.03. The lowest BCUT2D eigenvalue weighted by Gasteiger charge is -2.03. The maximum Gasteiger partial charge on any atom is 0.189 e. The van der Waals surface area contributed by atoms with Crippen molar-refractivity contribution < 1.29 is 0 Å². The first-order valence-corrected chi connectivity index (χ1v) is 6.29. The third kappa shape index (κ3) is 2.96. The highest BCUT2D eigenvalue weighted by molar-refractivity contribution is 7.10. The monoisotopic (exact) mass is 223 g/mol. The number of guanidine groups is 1. The van der Waals surface area contributed by atoms with Crippen molar-refractivity contribution in [3.05, 3.63) is 21.9 Å². The molecule has 0 unspecified atom stereocenters. The summed E-state index contributed by atoms with van der Waals surface area (Å²) in [6.07, 6.45) is 3.54. The van der Waals surface area contributed by atoms with Crippen LogP contribution in [0, 0.1) is 0 Å². The lowest BCUT2D eigenvalue weighted by atomic mass is 10.2. The quantitative estimate of drug-likeness (QED) is 0.605. The summed E-state index contributed by atoms with van der Waals surface area (Å²) < 4.78 is 0. The summed E-state index contributed by atoms with van der Waals surface area (Å²) in [6, 6.07) is 2.75. The van der Waals surface area contributed by atoms with Gasteiger partial charge in [0.25, 0.3) is 0 Å². The van der Waals surface area contributed by atoms with Gasteiger partial charge < -0.3 is 11.1 Å². The van der Waals surface area contributed by atoms with E-state index in [1.165, 1.54) is 23.3 Å². The number of rotatable bonds is 4. The fourth-order valence-electron chi connectivity index (χ4n) is 1.46. The Labute approximate surface area is 94.4 Å². The molecule has 1 aromatic rings. The molecule has 1 heterocycles. The van der Waals surface area contributed by atoms with E-state index >= 15 is 0 Å². The fraction of sp³-hybridized carbons (Fsp3) is 0.545. The predicted octanol–water partition coefficient (Wildman–Crippen LogP) is 1.88. The molecule has 3 N–H and O–H groups in total. The lowest BCUT2D eigenvalue weighted by molar-refractivity contribution is 0.879. The Bertz CT molecular complexity index is 352. The third-order valence-corrected chi connectivity index (χ3v) is 3.49. The van der Waals surface area contributed by atoms with Crippen LogP contribution in [0.25, 0.3) is 0 Å². The highest BCUT2D eigenvalue weighted by Crippen LogP contribution is 2.19. The van der Waals surface area contributed by atoms with Crippen LogP contribution in [0.3, 0.4) is 0 Å². The summed E-state index contributed by atoms with van der Waals surface area (Å²) in [7, 11) is 0. The number of nitrogens with two attached hydrogens (primary N) is 1. The van der Waals surface area contributed by atoms with E-state index in [0.29, 0.717) is 18.5 Å². The van der Waals surface area contributed by atoms with Crippen molar-refractivity contribution in [2.24, 2.45) is 10.7 Å². The average Bonchev–Trinajstić information content (AvgIpc) is 2.92. The van der Waals surface area contributed by atoms with Gasteiger partial charge in [-0.15, -0.1) is 11.3 Å². The highest BCUT2D eigenvalue weighted by Gasteiger charge is 2.21. The average molecular weight is 223 g/mol. The minimum Gasteiger partial charge on any atom is -0.370 e. The van der Waals surface area contributed by atoms with E-state index in [1.54, 1.807) is 11.3 Å². The molecule has 0 amide bonds. The molecule has 0 saturated heterocycles. The van der Waals surface area contributed by atoms with Crippen molar-refractivity contribution in [2.75, 3.05) is 0 Å². The SMILES string of the molecule is CCc1ccsc1CN=C(N)NC1CC1. The summed E-state index contributed by atoms with van der Waals surface area (Å²) in [5.41, 5.74) is 7.16. The largest absolute Gasteiger partial charge is 0.370 e. The van der Waals surface area contributed by atoms with Gasteiger partial charge in [-0.05, 0) is 36.3 Å². The van der Waals surface area contributed by atoms with Crippen LogP contribution in [0.2, 0.25) is 0 Å². The number of hydrogen-bond donors (Lipinski definition) is 2. The van der Waals surface area contributed by atoms with Crippen LogP contribution in [0.15, 0.2) is 16.4 Å². The van der Waals surface area contributed by atoms with Crippen molar-refractivity contribution in [1.82, 2.24) is 5.32 Å². The van der Waals surface area contributed by atoms with Crippen LogP contribution in [-0.2, 0) is 13.0 Å². The van der Waals surface area contributed by atoms with Gasteiger partial charge >= 0.3 is 0 Å². The van der Waals surface area contributed by atoms with Crippen molar-refractivity contribution in [3.63, 3.8) is 0 Å². The van der Waals surface area contributed by atoms with E-state index in [2.05, 4.69) is 28.7 Å². The number of nitrogens with one attached hydrogen (secondary N) is 1. The summed E-state index contributed by atoms with van der Waals surface area (Å²) in [5, 5.41) is 5.31. The summed E-state index contributed by atoms with van der Waals surface area (Å²) >= 11 is 1.76. The zero-order valence-electron chi connectivity index (χ0n) is 8.99. The van der Waals surface area contributed by atoms with E-state index in [0.717, 1.165) is 6.42 Å². The van der Waals surface area contributed by atoms with Crippen LogP contribution < -0.4 is 11.1 Å². The molecule has 0 atom stereocenters. The van der Waals surface area contributed by atoms with Crippen LogP contribution in [0.4, 0.5) is 0 Å². The molecule has 4 heteroatoms. The van der Waals surface area contributed by atoms with E-state index in [1.807, 2.05) is 0 Å². The molecule has 1 aliphatic carbocycles. The normalized spacial score (nSPS) is 16.7. The summed E-state index contributed by atoms with van der Waals surface area (Å²) in [5.74, 6) is 0.591. The fourth-order valence-corrected chi connectivity index (χ4v) is 2.36. The maximum absolute atomic E-state index is 5.77. The number of hydrogen-bond acceptors (Lipinski definition) is 2. The van der Waals surface area contributed by atoms with E-state index < -0.39 is 0 Å². The predicted molar refractivity (Wildman–Crippen MR) is 65.2 cm³/mol. The molecule has 82 valence electrons. The number of thiophene rings is 1. The molecular formula is C11H17N3S. The molecule has 0 aliphatic heterocycles. The Kier molecular flexibility index (Phi) is 3.26. The summed E-state index contributed by atoms with van der Waals surface area (Å²) in [6.45, 7) is 2.88. The first-order valence-electron chi connectivity index (χ1n) is 5.41. The molecule has 1 saturated carbocycles. The van der Waals surface area contributed by atoms with Crippen molar-refractivity contribution in [1.29, 1.82) is 0 Å². The van der Waals surface area contributed by atoms with Crippen molar-refractivity contribution in [3.8, 4) is 0 Å². The topological polar surface area (TPSA) is 50.4 Å². The number of aliphatic imine (C=N–C) groups is 1. The number of nitrogens with zero attached hydrogens (tertiary/aromatic N) is 1. The Balaban J connectivity index is 1.90. The van der Waals surface area contributed by atoms with E-state index in [9.17, 15) is 0 Å². The Morgan fingerprint density at radius 2 is 2.47 bits per heavy atom. The highest BCUT2D eigenvalue weighted by atomic mass is 32.1. The van der Waals surface area contributed by atoms with E-state index in [4.69, 9.17) is 5.73 Å². The van der Waals surface area contributed by atoms with Crippen LogP contribution in [-0.4, -0.2) is 12.0 Å². The van der Waals surface area contributed by atoms with Gasteiger partial charge in [0.15, 0.2) is 5.96 Å². The number of aryl methyl sites for hydroxylation is 1. The second-order valence-electron chi connectivity index (χ2n) is 3.84. The Morgan fingerprint density at radius 1 is 1.67 bits per heavy atom. The molecule has 0 bridgehead atoms. The first-order chi connectivity index (χ1) is 7.29. The zero-order chi connectivity index (χ0) is 10.7. The molecule has 0 radical (unpaired) electrons. The molecule has 3 nitrogen and oxygen atoms in total. The molecule has 15 heavy (non-hydrogen) atoms. The van der Waals surface area contributed by atoms with Gasteiger partial charge in [0.1, 0.15) is 0 Å². The summed E-state index contributed by atoms with van der Waals surface area (Å²) in [4.78, 5) is 5.68. The zero-order valence-corrected chi connectivity index (χ0v) is 9.81. The molecule has 2 rings (SSSR count). The van der Waals surface area contributed by atoms with Crippen molar-refractivity contribution in [2.45, 2.75) is 38.8 Å². The van der Waals surface area contributed by atoms with E-state index in [-0.39, 0.29) is 0 Å². The molecule has 1 aliphatic rings. The molecular weight excluding hydrogens is 206 g/mol. The first kappa shape index (κ1) is 10.5. The smallest absolute Gasteiger partial charge is 0.189 e. The molecule has 1 aromatic heterocycles. The third-order valence-electron chi connectivity index (χ3n) is 2.54. The van der Waals surface area contributed by atoms with Crippen molar-refractivity contribution >= 4 is 17.3 Å². The Morgan fingerprint density at radius 3 is 3.13 bits per heavy atom. The van der Waals surface area contributed by atoms with Crippen LogP contribution in [0.5, 0.6) is 0 Å². The minimum absolute atomic E-state index is 0.586. The van der Waals surface area contributed by atoms with Gasteiger partial charge in [-0.2, -0.15) is 0 Å². The standard InChI is InChI=1S/C11H17N3S/c1-2-8-5-6-15-10(8)7-13-11(12)14-9-3-4-9/h5-6,9H,2-4,7H2,1H3,(H3,12,13,14). The van der Waals surface area contributed by atoms with Gasteiger partial charge in [0, 0.05) is 10.9 Å². The molecule has 0 aromatic carbocycles. The van der Waals surface area contributed by atoms with Gasteiger partial charge in [-0.1, -0.05) is 6.92 Å². The maximum atomic E-state index is 5.77. The molecule has 1 fully saturated rings. The second-order valence-corrected chi connectivity index (χ2v) is 4.84. The van der Waals surface area contributed by atoms with Crippen LogP contribution >= 0.6 is 11.3 Å². The lowest BCUT2D eigenvalue weighted by Crippen LogP contribution is -2.33. The van der Waals surface area contributed by atoms with Gasteiger partial charge in [0.2, 0.25) is 0 Å². The minimum atomic E-state index is 0.586. The van der Waals surface area contributed by atoms with Gasteiger partial charge in [-0.3, -0.25) is 0 Å². The second kappa shape index (κ2) is 4.66. The van der Waals surface area contributed by atoms with Gasteiger partial charge in [-0.25, -0.2) is 4.99 Å². The van der Waals surface area contributed by atoms with Crippen LogP contribution in [0.1, 0.15) is 30.2 Å². The molecule has 0 spiro atoms.